The minimum atomic E-state index is -0.283. The van der Waals surface area contributed by atoms with Gasteiger partial charge < -0.3 is 4.90 Å². The van der Waals surface area contributed by atoms with Gasteiger partial charge in [-0.3, -0.25) is 14.3 Å². The molecule has 0 spiro atoms. The zero-order valence-corrected chi connectivity index (χ0v) is 16.9. The monoisotopic (exact) mass is 391 g/mol. The molecule has 1 amide bonds. The van der Waals surface area contributed by atoms with Gasteiger partial charge in [-0.1, -0.05) is 18.2 Å². The van der Waals surface area contributed by atoms with Gasteiger partial charge in [0.15, 0.2) is 11.0 Å². The summed E-state index contributed by atoms with van der Waals surface area (Å²) in [5.74, 6) is 0.835. The number of piperidine rings is 1. The fourth-order valence-electron chi connectivity index (χ4n) is 3.20. The van der Waals surface area contributed by atoms with Crippen LogP contribution in [0.4, 0.5) is 4.39 Å². The van der Waals surface area contributed by atoms with Crippen molar-refractivity contribution in [2.24, 2.45) is 0 Å². The molecule has 1 saturated heterocycles. The third-order valence-corrected chi connectivity index (χ3v) is 5.79. The number of hydrogen-bond acceptors (Lipinski definition) is 5. The van der Waals surface area contributed by atoms with E-state index < -0.39 is 0 Å². The molecule has 146 valence electrons. The number of likely N-dealkylation sites (tertiary alicyclic amines) is 1. The van der Waals surface area contributed by atoms with Gasteiger partial charge in [0.1, 0.15) is 5.82 Å². The molecule has 0 aliphatic carbocycles. The molecular formula is C19H26FN5OS. The van der Waals surface area contributed by atoms with Crippen molar-refractivity contribution < 1.29 is 9.18 Å². The van der Waals surface area contributed by atoms with Gasteiger partial charge >= 0.3 is 0 Å². The molecule has 1 aromatic carbocycles. The average molecular weight is 392 g/mol. The maximum Gasteiger partial charge on any atom is 0.232 e. The minimum Gasteiger partial charge on any atom is -0.348 e. The van der Waals surface area contributed by atoms with Crippen molar-refractivity contribution in [2.75, 3.05) is 32.9 Å². The maximum atomic E-state index is 13.4. The molecule has 1 aliphatic rings. The quantitative estimate of drug-likeness (QED) is 0.708. The van der Waals surface area contributed by atoms with E-state index >= 15 is 0 Å². The first-order chi connectivity index (χ1) is 13.0. The second kappa shape index (κ2) is 8.84. The van der Waals surface area contributed by atoms with Gasteiger partial charge in [-0.25, -0.2) is 4.39 Å². The van der Waals surface area contributed by atoms with E-state index in [-0.39, 0.29) is 23.5 Å². The molecule has 1 unspecified atom stereocenters. The second-order valence-corrected chi connectivity index (χ2v) is 7.94. The fourth-order valence-corrected chi connectivity index (χ4v) is 4.14. The Kier molecular flexibility index (Phi) is 6.49. The van der Waals surface area contributed by atoms with Crippen molar-refractivity contribution in [3.05, 3.63) is 35.9 Å². The molecule has 0 radical (unpaired) electrons. The molecule has 0 N–H and O–H groups in total. The number of benzene rings is 1. The van der Waals surface area contributed by atoms with Gasteiger partial charge in [0.2, 0.25) is 5.91 Å². The molecule has 1 aliphatic heterocycles. The summed E-state index contributed by atoms with van der Waals surface area (Å²) in [6.07, 6.45) is 3.64. The summed E-state index contributed by atoms with van der Waals surface area (Å²) >= 11 is 1.35. The normalized spacial score (nSPS) is 16.3. The highest BCUT2D eigenvalue weighted by Crippen LogP contribution is 2.29. The molecule has 1 fully saturated rings. The summed E-state index contributed by atoms with van der Waals surface area (Å²) in [7, 11) is 3.47. The molecule has 2 heterocycles. The molecule has 6 nitrogen and oxygen atoms in total. The van der Waals surface area contributed by atoms with Crippen LogP contribution in [0, 0.1) is 5.82 Å². The Balaban J connectivity index is 1.92. The van der Waals surface area contributed by atoms with Crippen LogP contribution in [0.5, 0.6) is 0 Å². The van der Waals surface area contributed by atoms with Crippen molar-refractivity contribution in [2.45, 2.75) is 37.4 Å². The average Bonchev–Trinajstić information content (AvgIpc) is 3.10. The van der Waals surface area contributed by atoms with Gasteiger partial charge in [0.25, 0.3) is 0 Å². The predicted octanol–water partition coefficient (Wildman–Crippen LogP) is 3.13. The zero-order valence-electron chi connectivity index (χ0n) is 16.1. The number of amides is 1. The third kappa shape index (κ3) is 4.68. The fraction of sp³-hybridized carbons (Fsp3) is 0.526. The summed E-state index contributed by atoms with van der Waals surface area (Å²) in [6, 6.07) is 6.42. The van der Waals surface area contributed by atoms with Crippen LogP contribution in [-0.2, 0) is 4.79 Å². The van der Waals surface area contributed by atoms with Crippen LogP contribution in [0.1, 0.15) is 38.1 Å². The Hall–Kier alpha value is -1.93. The molecular weight excluding hydrogens is 365 g/mol. The largest absolute Gasteiger partial charge is 0.348 e. The number of aromatic nitrogens is 3. The van der Waals surface area contributed by atoms with Crippen molar-refractivity contribution in [3.63, 3.8) is 0 Å². The molecule has 0 bridgehead atoms. The molecule has 1 aromatic heterocycles. The molecule has 8 heteroatoms. The number of carbonyl (C=O) groups is 1. The maximum absolute atomic E-state index is 13.4. The predicted molar refractivity (Wildman–Crippen MR) is 105 cm³/mol. The van der Waals surface area contributed by atoms with Gasteiger partial charge in [-0.05, 0) is 57.1 Å². The van der Waals surface area contributed by atoms with E-state index in [4.69, 9.17) is 0 Å². The number of nitrogens with zero attached hydrogens (tertiary/aromatic N) is 5. The molecule has 3 rings (SSSR count). The van der Waals surface area contributed by atoms with Crippen LogP contribution in [0.25, 0.3) is 5.69 Å². The van der Waals surface area contributed by atoms with E-state index in [2.05, 4.69) is 22.0 Å². The molecule has 0 saturated carbocycles. The Morgan fingerprint density at radius 2 is 1.85 bits per heavy atom. The minimum absolute atomic E-state index is 0.0132. The van der Waals surface area contributed by atoms with E-state index in [1.54, 1.807) is 31.1 Å². The number of thioether (sulfide) groups is 1. The van der Waals surface area contributed by atoms with Crippen LogP contribution in [0.2, 0.25) is 0 Å². The lowest BCUT2D eigenvalue weighted by Crippen LogP contribution is -2.33. The number of halogens is 1. The van der Waals surface area contributed by atoms with Gasteiger partial charge in [0.05, 0.1) is 11.8 Å². The first-order valence-electron chi connectivity index (χ1n) is 9.25. The smallest absolute Gasteiger partial charge is 0.232 e. The van der Waals surface area contributed by atoms with Crippen LogP contribution in [0.3, 0.4) is 0 Å². The second-order valence-electron chi connectivity index (χ2n) is 7.00. The highest BCUT2D eigenvalue weighted by Gasteiger charge is 2.25. The molecule has 1 atom stereocenters. The summed E-state index contributed by atoms with van der Waals surface area (Å²) < 4.78 is 15.4. The highest BCUT2D eigenvalue weighted by molar-refractivity contribution is 7.99. The van der Waals surface area contributed by atoms with E-state index in [9.17, 15) is 9.18 Å². The SMILES string of the molecule is CC(c1nnc(SCC(=O)N(C)C)n1-c1ccc(F)cc1)N1CCCCC1. The Bertz CT molecular complexity index is 771. The summed E-state index contributed by atoms with van der Waals surface area (Å²) in [4.78, 5) is 16.0. The van der Waals surface area contributed by atoms with Gasteiger partial charge in [0, 0.05) is 19.8 Å². The van der Waals surface area contributed by atoms with Crippen molar-refractivity contribution in [1.29, 1.82) is 0 Å². The third-order valence-electron chi connectivity index (χ3n) is 4.88. The number of carbonyl (C=O) groups excluding carboxylic acids is 1. The van der Waals surface area contributed by atoms with E-state index in [1.807, 2.05) is 4.57 Å². The lowest BCUT2D eigenvalue weighted by atomic mass is 10.1. The first kappa shape index (κ1) is 19.8. The Morgan fingerprint density at radius 3 is 2.48 bits per heavy atom. The van der Waals surface area contributed by atoms with Crippen LogP contribution >= 0.6 is 11.8 Å². The van der Waals surface area contributed by atoms with Crippen molar-refractivity contribution in [3.8, 4) is 5.69 Å². The number of hydrogen-bond donors (Lipinski definition) is 0. The van der Waals surface area contributed by atoms with Crippen molar-refractivity contribution >= 4 is 17.7 Å². The van der Waals surface area contributed by atoms with E-state index in [0.29, 0.717) is 5.16 Å². The Morgan fingerprint density at radius 1 is 1.19 bits per heavy atom. The van der Waals surface area contributed by atoms with E-state index in [0.717, 1.165) is 24.6 Å². The summed E-state index contributed by atoms with van der Waals surface area (Å²) in [5, 5.41) is 9.44. The van der Waals surface area contributed by atoms with Crippen LogP contribution in [-0.4, -0.2) is 63.4 Å². The van der Waals surface area contributed by atoms with Gasteiger partial charge in [-0.15, -0.1) is 10.2 Å². The summed E-state index contributed by atoms with van der Waals surface area (Å²) in [5.41, 5.74) is 0.806. The van der Waals surface area contributed by atoms with Crippen molar-refractivity contribution in [1.82, 2.24) is 24.6 Å². The lowest BCUT2D eigenvalue weighted by molar-refractivity contribution is -0.125. The summed E-state index contributed by atoms with van der Waals surface area (Å²) in [6.45, 7) is 4.22. The molecule has 2 aromatic rings. The molecule has 27 heavy (non-hydrogen) atoms. The van der Waals surface area contributed by atoms with E-state index in [1.165, 1.54) is 43.2 Å². The standard InChI is InChI=1S/C19H26FN5OS/c1-14(24-11-5-4-6-12-24)18-21-22-19(27-13-17(26)23(2)3)25(18)16-9-7-15(20)8-10-16/h7-10,14H,4-6,11-13H2,1-3H3. The number of rotatable bonds is 6. The van der Waals surface area contributed by atoms with Crippen LogP contribution < -0.4 is 0 Å². The zero-order chi connectivity index (χ0) is 19.4. The highest BCUT2D eigenvalue weighted by atomic mass is 32.2. The lowest BCUT2D eigenvalue weighted by Gasteiger charge is -2.31. The van der Waals surface area contributed by atoms with Gasteiger partial charge in [-0.2, -0.15) is 0 Å². The Labute approximate surface area is 163 Å². The van der Waals surface area contributed by atoms with Crippen LogP contribution in [0.15, 0.2) is 29.4 Å². The first-order valence-corrected chi connectivity index (χ1v) is 10.2. The topological polar surface area (TPSA) is 54.3 Å².